The highest BCUT2D eigenvalue weighted by molar-refractivity contribution is 7.89. The van der Waals surface area contributed by atoms with Crippen molar-refractivity contribution in [2.75, 3.05) is 6.61 Å². The molecule has 0 unspecified atom stereocenters. The van der Waals surface area contributed by atoms with Crippen LogP contribution in [0, 0.1) is 0 Å². The Morgan fingerprint density at radius 1 is 1.17 bits per heavy atom. The highest BCUT2D eigenvalue weighted by Gasteiger charge is 2.11. The van der Waals surface area contributed by atoms with E-state index in [0.717, 1.165) is 0 Å². The third-order valence-corrected chi connectivity index (χ3v) is 4.26. The monoisotopic (exact) mass is 367 g/mol. The molecular weight excluding hydrogens is 354 g/mol. The SMILES string of the molecule is NC(=O)COc1ccc(/C=N/NS(=O)(=O)c2ccc(Cl)cc2)cc1. The second kappa shape index (κ2) is 7.80. The number of benzene rings is 2. The number of hydrazone groups is 1. The number of nitrogens with two attached hydrogens (primary N) is 1. The fourth-order valence-corrected chi connectivity index (χ4v) is 2.56. The lowest BCUT2D eigenvalue weighted by Gasteiger charge is -2.04. The first-order valence-corrected chi connectivity index (χ1v) is 8.54. The van der Waals surface area contributed by atoms with Crippen molar-refractivity contribution < 1.29 is 17.9 Å². The number of carbonyl (C=O) groups is 1. The van der Waals surface area contributed by atoms with Crippen molar-refractivity contribution in [3.63, 3.8) is 0 Å². The van der Waals surface area contributed by atoms with E-state index in [0.29, 0.717) is 16.3 Å². The number of carbonyl (C=O) groups excluding carboxylic acids is 1. The lowest BCUT2D eigenvalue weighted by molar-refractivity contribution is -0.119. The quantitative estimate of drug-likeness (QED) is 0.570. The van der Waals surface area contributed by atoms with Crippen molar-refractivity contribution >= 4 is 33.7 Å². The molecule has 0 bridgehead atoms. The van der Waals surface area contributed by atoms with Crippen LogP contribution in [0.15, 0.2) is 58.5 Å². The Morgan fingerprint density at radius 2 is 1.79 bits per heavy atom. The summed E-state index contributed by atoms with van der Waals surface area (Å²) >= 11 is 5.72. The molecule has 0 fully saturated rings. The summed E-state index contributed by atoms with van der Waals surface area (Å²) in [7, 11) is -3.76. The van der Waals surface area contributed by atoms with Crippen molar-refractivity contribution in [2.45, 2.75) is 4.90 Å². The summed E-state index contributed by atoms with van der Waals surface area (Å²) < 4.78 is 29.1. The Morgan fingerprint density at radius 3 is 2.38 bits per heavy atom. The van der Waals surface area contributed by atoms with Crippen LogP contribution in [-0.2, 0) is 14.8 Å². The second-order valence-electron chi connectivity index (χ2n) is 4.63. The lowest BCUT2D eigenvalue weighted by atomic mass is 10.2. The highest BCUT2D eigenvalue weighted by Crippen LogP contribution is 2.14. The van der Waals surface area contributed by atoms with Crippen molar-refractivity contribution in [3.8, 4) is 5.75 Å². The fourth-order valence-electron chi connectivity index (χ4n) is 1.64. The molecule has 3 N–H and O–H groups in total. The maximum Gasteiger partial charge on any atom is 0.276 e. The molecule has 2 rings (SSSR count). The van der Waals surface area contributed by atoms with E-state index < -0.39 is 15.9 Å². The normalized spacial score (nSPS) is 11.4. The molecule has 2 aromatic carbocycles. The van der Waals surface area contributed by atoms with Gasteiger partial charge in [0.15, 0.2) is 6.61 Å². The van der Waals surface area contributed by atoms with E-state index in [-0.39, 0.29) is 11.5 Å². The minimum absolute atomic E-state index is 0.0549. The zero-order valence-corrected chi connectivity index (χ0v) is 13.9. The Hall–Kier alpha value is -2.58. The van der Waals surface area contributed by atoms with Gasteiger partial charge in [-0.05, 0) is 54.1 Å². The number of nitrogens with zero attached hydrogens (tertiary/aromatic N) is 1. The van der Waals surface area contributed by atoms with Gasteiger partial charge in [-0.2, -0.15) is 13.5 Å². The molecule has 0 spiro atoms. The Labute approximate surface area is 144 Å². The van der Waals surface area contributed by atoms with Gasteiger partial charge >= 0.3 is 0 Å². The Bertz CT molecular complexity index is 834. The molecule has 0 heterocycles. The maximum atomic E-state index is 12.0. The summed E-state index contributed by atoms with van der Waals surface area (Å²) in [4.78, 5) is 12.8. The van der Waals surface area contributed by atoms with Crippen LogP contribution in [0.4, 0.5) is 0 Å². The Kier molecular flexibility index (Phi) is 5.78. The predicted octanol–water partition coefficient (Wildman–Crippen LogP) is 1.52. The van der Waals surface area contributed by atoms with Crippen LogP contribution >= 0.6 is 11.6 Å². The van der Waals surface area contributed by atoms with Crippen molar-refractivity contribution in [1.29, 1.82) is 0 Å². The van der Waals surface area contributed by atoms with Gasteiger partial charge in [0.05, 0.1) is 11.1 Å². The van der Waals surface area contributed by atoms with E-state index >= 15 is 0 Å². The fraction of sp³-hybridized carbons (Fsp3) is 0.0667. The van der Waals surface area contributed by atoms with Crippen LogP contribution in [0.3, 0.4) is 0 Å². The van der Waals surface area contributed by atoms with Gasteiger partial charge in [0.2, 0.25) is 0 Å². The molecule has 0 saturated heterocycles. The van der Waals surface area contributed by atoms with Crippen LogP contribution < -0.4 is 15.3 Å². The van der Waals surface area contributed by atoms with Gasteiger partial charge in [-0.3, -0.25) is 4.79 Å². The summed E-state index contributed by atoms with van der Waals surface area (Å²) in [5, 5.41) is 4.15. The van der Waals surface area contributed by atoms with Crippen molar-refractivity contribution in [2.24, 2.45) is 10.8 Å². The molecule has 7 nitrogen and oxygen atoms in total. The second-order valence-corrected chi connectivity index (χ2v) is 6.73. The van der Waals surface area contributed by atoms with Crippen LogP contribution in [-0.4, -0.2) is 27.1 Å². The molecular formula is C15H14ClN3O4S. The standard InChI is InChI=1S/C15H14ClN3O4S/c16-12-3-7-14(8-4-12)24(21,22)19-18-9-11-1-5-13(6-2-11)23-10-15(17)20/h1-9,19H,10H2,(H2,17,20)/b18-9+. The zero-order chi connectivity index (χ0) is 17.6. The van der Waals surface area contributed by atoms with Crippen LogP contribution in [0.25, 0.3) is 0 Å². The molecule has 2 aromatic rings. The first-order chi connectivity index (χ1) is 11.4. The van der Waals surface area contributed by atoms with Gasteiger partial charge in [0, 0.05) is 5.02 Å². The van der Waals surface area contributed by atoms with E-state index in [1.165, 1.54) is 30.5 Å². The van der Waals surface area contributed by atoms with Gasteiger partial charge in [-0.15, -0.1) is 0 Å². The first kappa shape index (κ1) is 17.8. The van der Waals surface area contributed by atoms with Crippen molar-refractivity contribution in [1.82, 2.24) is 4.83 Å². The molecule has 0 radical (unpaired) electrons. The average Bonchev–Trinajstić information content (AvgIpc) is 2.54. The third kappa shape index (κ3) is 5.25. The zero-order valence-electron chi connectivity index (χ0n) is 12.3. The summed E-state index contributed by atoms with van der Waals surface area (Å²) in [5.74, 6) is -0.107. The minimum Gasteiger partial charge on any atom is -0.484 e. The summed E-state index contributed by atoms with van der Waals surface area (Å²) in [6.07, 6.45) is 1.34. The van der Waals surface area contributed by atoms with Crippen LogP contribution in [0.2, 0.25) is 5.02 Å². The van der Waals surface area contributed by atoms with Crippen molar-refractivity contribution in [3.05, 3.63) is 59.1 Å². The number of hydrogen-bond donors (Lipinski definition) is 2. The third-order valence-electron chi connectivity index (χ3n) is 2.77. The van der Waals surface area contributed by atoms with Gasteiger partial charge in [-0.25, -0.2) is 4.83 Å². The molecule has 0 aliphatic rings. The van der Waals surface area contributed by atoms with Gasteiger partial charge in [0.25, 0.3) is 15.9 Å². The number of ether oxygens (including phenoxy) is 1. The molecule has 0 aromatic heterocycles. The maximum absolute atomic E-state index is 12.0. The molecule has 1 amide bonds. The predicted molar refractivity (Wildman–Crippen MR) is 90.5 cm³/mol. The smallest absolute Gasteiger partial charge is 0.276 e. The molecule has 24 heavy (non-hydrogen) atoms. The Balaban J connectivity index is 1.98. The van der Waals surface area contributed by atoms with Gasteiger partial charge in [-0.1, -0.05) is 11.6 Å². The number of primary amides is 1. The average molecular weight is 368 g/mol. The molecule has 9 heteroatoms. The molecule has 0 aliphatic heterocycles. The number of halogens is 1. The minimum atomic E-state index is -3.76. The topological polar surface area (TPSA) is 111 Å². The molecule has 126 valence electrons. The molecule has 0 saturated carbocycles. The number of sulfonamides is 1. The van der Waals surface area contributed by atoms with E-state index in [9.17, 15) is 13.2 Å². The summed E-state index contributed by atoms with van der Waals surface area (Å²) in [5.41, 5.74) is 5.61. The van der Waals surface area contributed by atoms with E-state index in [4.69, 9.17) is 22.1 Å². The summed E-state index contributed by atoms with van der Waals surface area (Å²) in [6, 6.07) is 12.2. The number of nitrogens with one attached hydrogen (secondary N) is 1. The number of rotatable bonds is 7. The van der Waals surface area contributed by atoms with Crippen LogP contribution in [0.5, 0.6) is 5.75 Å². The molecule has 0 aliphatic carbocycles. The van der Waals surface area contributed by atoms with E-state index in [1.54, 1.807) is 24.3 Å². The molecule has 0 atom stereocenters. The van der Waals surface area contributed by atoms with Gasteiger partial charge in [0.1, 0.15) is 5.75 Å². The first-order valence-electron chi connectivity index (χ1n) is 6.68. The van der Waals surface area contributed by atoms with E-state index in [2.05, 4.69) is 9.93 Å². The largest absolute Gasteiger partial charge is 0.484 e. The summed E-state index contributed by atoms with van der Waals surface area (Å²) in [6.45, 7) is -0.214. The number of hydrogen-bond acceptors (Lipinski definition) is 5. The highest BCUT2D eigenvalue weighted by atomic mass is 35.5. The lowest BCUT2D eigenvalue weighted by Crippen LogP contribution is -2.20. The number of amides is 1. The van der Waals surface area contributed by atoms with Crippen LogP contribution in [0.1, 0.15) is 5.56 Å². The van der Waals surface area contributed by atoms with Gasteiger partial charge < -0.3 is 10.5 Å². The van der Waals surface area contributed by atoms with E-state index in [1.807, 2.05) is 0 Å².